The van der Waals surface area contributed by atoms with Gasteiger partial charge < -0.3 is 15.5 Å². The van der Waals surface area contributed by atoms with Gasteiger partial charge in [0.1, 0.15) is 0 Å². The van der Waals surface area contributed by atoms with Crippen LogP contribution in [0.2, 0.25) is 5.02 Å². The summed E-state index contributed by atoms with van der Waals surface area (Å²) in [5, 5.41) is 14.4. The second-order valence-electron chi connectivity index (χ2n) is 8.31. The van der Waals surface area contributed by atoms with Crippen LogP contribution in [0.5, 0.6) is 0 Å². The van der Waals surface area contributed by atoms with Crippen LogP contribution in [-0.4, -0.2) is 52.0 Å². The van der Waals surface area contributed by atoms with Crippen LogP contribution >= 0.6 is 22.9 Å². The smallest absolute Gasteiger partial charge is 0.286 e. The molecule has 1 saturated heterocycles. The maximum Gasteiger partial charge on any atom is 0.286 e. The highest BCUT2D eigenvalue weighted by atomic mass is 35.5. The SMILES string of the molecule is O=C(Nc1cccc(Cl)c1)c1nnc(C(=O)N2CCC[C@@H](C(=O)NC3CCCCC3)C2)s1. The molecule has 8 nitrogen and oxygen atoms in total. The second kappa shape index (κ2) is 10.4. The van der Waals surface area contributed by atoms with Crippen molar-refractivity contribution in [1.29, 1.82) is 0 Å². The molecule has 10 heteroatoms. The lowest BCUT2D eigenvalue weighted by molar-refractivity contribution is -0.127. The Balaban J connectivity index is 1.35. The molecule has 2 N–H and O–H groups in total. The molecule has 2 aliphatic rings. The topological polar surface area (TPSA) is 104 Å². The quantitative estimate of drug-likeness (QED) is 0.685. The van der Waals surface area contributed by atoms with Gasteiger partial charge in [0.2, 0.25) is 15.9 Å². The van der Waals surface area contributed by atoms with E-state index in [0.717, 1.165) is 49.9 Å². The first-order valence-corrected chi connectivity index (χ1v) is 12.2. The molecule has 1 atom stereocenters. The van der Waals surface area contributed by atoms with Crippen LogP contribution in [0.3, 0.4) is 0 Å². The molecule has 0 spiro atoms. The van der Waals surface area contributed by atoms with Crippen molar-refractivity contribution < 1.29 is 14.4 Å². The fraction of sp³-hybridized carbons (Fsp3) is 0.500. The van der Waals surface area contributed by atoms with E-state index in [0.29, 0.717) is 23.8 Å². The molecule has 1 saturated carbocycles. The molecule has 170 valence electrons. The van der Waals surface area contributed by atoms with E-state index in [1.165, 1.54) is 6.42 Å². The minimum absolute atomic E-state index is 0.0354. The lowest BCUT2D eigenvalue weighted by atomic mass is 9.93. The van der Waals surface area contributed by atoms with Crippen molar-refractivity contribution in [1.82, 2.24) is 20.4 Å². The van der Waals surface area contributed by atoms with Gasteiger partial charge in [-0.15, -0.1) is 10.2 Å². The van der Waals surface area contributed by atoms with Gasteiger partial charge in [-0.2, -0.15) is 0 Å². The van der Waals surface area contributed by atoms with Crippen molar-refractivity contribution in [2.75, 3.05) is 18.4 Å². The number of anilines is 1. The Morgan fingerprint density at radius 1 is 1.03 bits per heavy atom. The molecule has 0 bridgehead atoms. The summed E-state index contributed by atoms with van der Waals surface area (Å²) in [6, 6.07) is 7.03. The average Bonchev–Trinajstić information content (AvgIpc) is 3.30. The highest BCUT2D eigenvalue weighted by molar-refractivity contribution is 7.15. The Morgan fingerprint density at radius 3 is 2.59 bits per heavy atom. The molecule has 1 aliphatic carbocycles. The third kappa shape index (κ3) is 5.63. The van der Waals surface area contributed by atoms with Gasteiger partial charge in [-0.3, -0.25) is 14.4 Å². The van der Waals surface area contributed by atoms with Crippen LogP contribution in [0.1, 0.15) is 64.6 Å². The predicted molar refractivity (Wildman–Crippen MR) is 123 cm³/mol. The van der Waals surface area contributed by atoms with E-state index in [-0.39, 0.29) is 33.8 Å². The number of benzene rings is 1. The zero-order valence-corrected chi connectivity index (χ0v) is 19.3. The Hall–Kier alpha value is -2.52. The Labute approximate surface area is 195 Å². The number of carbonyl (C=O) groups is 3. The van der Waals surface area contributed by atoms with Crippen molar-refractivity contribution in [3.05, 3.63) is 39.3 Å². The third-order valence-electron chi connectivity index (χ3n) is 5.92. The second-order valence-corrected chi connectivity index (χ2v) is 9.72. The van der Waals surface area contributed by atoms with Gasteiger partial charge in [-0.1, -0.05) is 48.3 Å². The summed E-state index contributed by atoms with van der Waals surface area (Å²) >= 11 is 6.88. The summed E-state index contributed by atoms with van der Waals surface area (Å²) in [6.45, 7) is 0.927. The van der Waals surface area contributed by atoms with Gasteiger partial charge in [0.15, 0.2) is 0 Å². The zero-order valence-electron chi connectivity index (χ0n) is 17.7. The monoisotopic (exact) mass is 475 g/mol. The molecule has 2 heterocycles. The van der Waals surface area contributed by atoms with Gasteiger partial charge in [-0.05, 0) is 43.9 Å². The molecule has 3 amide bonds. The number of piperidine rings is 1. The number of hydrogen-bond acceptors (Lipinski definition) is 6. The van der Waals surface area contributed by atoms with E-state index in [4.69, 9.17) is 11.6 Å². The third-order valence-corrected chi connectivity index (χ3v) is 7.06. The lowest BCUT2D eigenvalue weighted by Crippen LogP contribution is -2.47. The summed E-state index contributed by atoms with van der Waals surface area (Å²) in [7, 11) is 0. The number of halogens is 1. The van der Waals surface area contributed by atoms with Crippen molar-refractivity contribution in [3.63, 3.8) is 0 Å². The molecule has 32 heavy (non-hydrogen) atoms. The van der Waals surface area contributed by atoms with Crippen LogP contribution in [0.25, 0.3) is 0 Å². The number of likely N-dealkylation sites (tertiary alicyclic amines) is 1. The average molecular weight is 476 g/mol. The maximum atomic E-state index is 12.9. The van der Waals surface area contributed by atoms with Crippen molar-refractivity contribution in [3.8, 4) is 0 Å². The number of nitrogens with one attached hydrogen (secondary N) is 2. The van der Waals surface area contributed by atoms with E-state index >= 15 is 0 Å². The summed E-state index contributed by atoms with van der Waals surface area (Å²) in [5.74, 6) is -0.923. The van der Waals surface area contributed by atoms with E-state index in [1.807, 2.05) is 0 Å². The molecule has 0 unspecified atom stereocenters. The molecule has 1 aromatic heterocycles. The van der Waals surface area contributed by atoms with Gasteiger partial charge in [0.25, 0.3) is 11.8 Å². The molecular formula is C22H26ClN5O3S. The number of nitrogens with zero attached hydrogens (tertiary/aromatic N) is 3. The Bertz CT molecular complexity index is 991. The minimum Gasteiger partial charge on any atom is -0.353 e. The molecular weight excluding hydrogens is 450 g/mol. The van der Waals surface area contributed by atoms with Crippen molar-refractivity contribution in [2.45, 2.75) is 51.0 Å². The maximum absolute atomic E-state index is 12.9. The van der Waals surface area contributed by atoms with Crippen LogP contribution in [0.15, 0.2) is 24.3 Å². The summed E-state index contributed by atoms with van der Waals surface area (Å²) < 4.78 is 0. The Kier molecular flexibility index (Phi) is 7.36. The number of aromatic nitrogens is 2. The van der Waals surface area contributed by atoms with Crippen molar-refractivity contribution >= 4 is 46.3 Å². The van der Waals surface area contributed by atoms with E-state index < -0.39 is 5.91 Å². The zero-order chi connectivity index (χ0) is 22.5. The fourth-order valence-corrected chi connectivity index (χ4v) is 5.13. The number of carbonyl (C=O) groups excluding carboxylic acids is 3. The number of rotatable bonds is 5. The lowest BCUT2D eigenvalue weighted by Gasteiger charge is -2.33. The number of amides is 3. The summed E-state index contributed by atoms with van der Waals surface area (Å²) in [5.41, 5.74) is 0.536. The van der Waals surface area contributed by atoms with Crippen LogP contribution in [0.4, 0.5) is 5.69 Å². The highest BCUT2D eigenvalue weighted by Gasteiger charge is 2.32. The van der Waals surface area contributed by atoms with E-state index in [2.05, 4.69) is 20.8 Å². The molecule has 1 aliphatic heterocycles. The molecule has 2 aromatic rings. The van der Waals surface area contributed by atoms with Crippen molar-refractivity contribution in [2.24, 2.45) is 5.92 Å². The standard InChI is InChI=1S/C22H26ClN5O3S/c23-15-7-4-10-17(12-15)25-19(30)20-26-27-21(32-20)22(31)28-11-5-6-14(13-28)18(29)24-16-8-2-1-3-9-16/h4,7,10,12,14,16H,1-3,5-6,8-9,11,13H2,(H,24,29)(H,25,30)/t14-/m1/s1. The summed E-state index contributed by atoms with van der Waals surface area (Å²) in [6.07, 6.45) is 7.15. The van der Waals surface area contributed by atoms with E-state index in [9.17, 15) is 14.4 Å². The van der Waals surface area contributed by atoms with Crippen LogP contribution in [-0.2, 0) is 4.79 Å². The molecule has 1 aromatic carbocycles. The van der Waals surface area contributed by atoms with Gasteiger partial charge in [0, 0.05) is 29.8 Å². The fourth-order valence-electron chi connectivity index (χ4n) is 4.23. The van der Waals surface area contributed by atoms with Crippen LogP contribution in [0, 0.1) is 5.92 Å². The molecule has 4 rings (SSSR count). The predicted octanol–water partition coefficient (Wildman–Crippen LogP) is 3.74. The normalized spacial score (nSPS) is 19.4. The van der Waals surface area contributed by atoms with Gasteiger partial charge >= 0.3 is 0 Å². The minimum atomic E-state index is -0.452. The van der Waals surface area contributed by atoms with Gasteiger partial charge in [0.05, 0.1) is 5.92 Å². The van der Waals surface area contributed by atoms with Crippen LogP contribution < -0.4 is 10.6 Å². The Morgan fingerprint density at radius 2 is 1.81 bits per heavy atom. The first kappa shape index (κ1) is 22.7. The van der Waals surface area contributed by atoms with E-state index in [1.54, 1.807) is 29.2 Å². The number of hydrogen-bond donors (Lipinski definition) is 2. The largest absolute Gasteiger partial charge is 0.353 e. The molecule has 0 radical (unpaired) electrons. The van der Waals surface area contributed by atoms with Gasteiger partial charge in [-0.25, -0.2) is 0 Å². The first-order chi connectivity index (χ1) is 15.5. The summed E-state index contributed by atoms with van der Waals surface area (Å²) in [4.78, 5) is 39.8. The first-order valence-electron chi connectivity index (χ1n) is 11.0. The highest BCUT2D eigenvalue weighted by Crippen LogP contribution is 2.23. The molecule has 2 fully saturated rings.